The van der Waals surface area contributed by atoms with Crippen LogP contribution in [0.4, 0.5) is 0 Å². The van der Waals surface area contributed by atoms with Gasteiger partial charge in [-0.2, -0.15) is 0 Å². The lowest BCUT2D eigenvalue weighted by Gasteiger charge is -2.27. The molecule has 0 bridgehead atoms. The molecule has 0 aliphatic heterocycles. The summed E-state index contributed by atoms with van der Waals surface area (Å²) in [5.74, 6) is -0.545. The second kappa shape index (κ2) is 6.62. The highest BCUT2D eigenvalue weighted by atomic mass is 16.4. The molecule has 0 radical (unpaired) electrons. The van der Waals surface area contributed by atoms with Crippen molar-refractivity contribution in [2.75, 3.05) is 0 Å². The van der Waals surface area contributed by atoms with Crippen LogP contribution in [0.2, 0.25) is 0 Å². The Morgan fingerprint density at radius 1 is 1.32 bits per heavy atom. The third kappa shape index (κ3) is 2.93. The van der Waals surface area contributed by atoms with Gasteiger partial charge < -0.3 is 5.11 Å². The lowest BCUT2D eigenvalue weighted by atomic mass is 9.77. The molecule has 3 aromatic rings. The second-order valence-electron chi connectivity index (χ2n) is 8.32. The fourth-order valence-electron chi connectivity index (χ4n) is 4.54. The van der Waals surface area contributed by atoms with Crippen molar-refractivity contribution in [3.63, 3.8) is 0 Å². The number of H-pyrrole nitrogens is 1. The zero-order valence-electron chi connectivity index (χ0n) is 16.5. The molecule has 0 amide bonds. The van der Waals surface area contributed by atoms with Crippen molar-refractivity contribution in [3.8, 4) is 11.3 Å². The molecule has 28 heavy (non-hydrogen) atoms. The number of carbonyl (C=O) groups is 1. The van der Waals surface area contributed by atoms with E-state index in [0.717, 1.165) is 5.56 Å². The van der Waals surface area contributed by atoms with Gasteiger partial charge in [-0.15, -0.1) is 0 Å². The first kappa shape index (κ1) is 18.5. The molecule has 146 valence electrons. The highest BCUT2D eigenvalue weighted by Crippen LogP contribution is 2.48. The number of aromatic nitrogens is 3. The van der Waals surface area contributed by atoms with Gasteiger partial charge in [-0.05, 0) is 36.2 Å². The van der Waals surface area contributed by atoms with Crippen molar-refractivity contribution in [2.24, 2.45) is 5.41 Å². The zero-order valence-corrected chi connectivity index (χ0v) is 16.5. The lowest BCUT2D eigenvalue weighted by molar-refractivity contribution is 0.0697. The van der Waals surface area contributed by atoms with E-state index in [1.54, 1.807) is 0 Å². The van der Waals surface area contributed by atoms with Gasteiger partial charge in [0, 0.05) is 11.6 Å². The Hall–Kier alpha value is -2.89. The van der Waals surface area contributed by atoms with Crippen LogP contribution < -0.4 is 5.56 Å². The van der Waals surface area contributed by atoms with Crippen LogP contribution in [0.15, 0.2) is 35.1 Å². The fraction of sp³-hybridized carbons (Fsp3) is 0.409. The van der Waals surface area contributed by atoms with E-state index in [1.807, 2.05) is 19.1 Å². The van der Waals surface area contributed by atoms with Crippen LogP contribution >= 0.6 is 0 Å². The Bertz CT molecular complexity index is 1110. The zero-order chi connectivity index (χ0) is 20.1. The van der Waals surface area contributed by atoms with Crippen LogP contribution in [0, 0.1) is 5.41 Å². The molecule has 0 spiro atoms. The molecule has 1 aliphatic rings. The molecule has 1 saturated carbocycles. The number of aromatic carboxylic acids is 1. The van der Waals surface area contributed by atoms with Gasteiger partial charge in [-0.25, -0.2) is 14.3 Å². The van der Waals surface area contributed by atoms with Crippen molar-refractivity contribution < 1.29 is 9.90 Å². The average Bonchev–Trinajstić information content (AvgIpc) is 3.21. The van der Waals surface area contributed by atoms with Gasteiger partial charge in [0.1, 0.15) is 5.56 Å². The van der Waals surface area contributed by atoms with Gasteiger partial charge in [0.05, 0.1) is 11.4 Å². The predicted octanol–water partition coefficient (Wildman–Crippen LogP) is 4.24. The van der Waals surface area contributed by atoms with E-state index >= 15 is 0 Å². The molecule has 6 heteroatoms. The summed E-state index contributed by atoms with van der Waals surface area (Å²) in [6.07, 6.45) is 4.16. The summed E-state index contributed by atoms with van der Waals surface area (Å²) in [6, 6.07) is 9.64. The molecule has 2 N–H and O–H groups in total. The molecule has 1 unspecified atom stereocenters. The van der Waals surface area contributed by atoms with Crippen LogP contribution in [0.25, 0.3) is 16.9 Å². The van der Waals surface area contributed by atoms with E-state index in [4.69, 9.17) is 0 Å². The van der Waals surface area contributed by atoms with Crippen LogP contribution in [-0.4, -0.2) is 25.7 Å². The number of hydrogen-bond acceptors (Lipinski definition) is 3. The third-order valence-corrected chi connectivity index (χ3v) is 6.12. The Labute approximate surface area is 163 Å². The van der Waals surface area contributed by atoms with Gasteiger partial charge >= 0.3 is 5.97 Å². The third-order valence-electron chi connectivity index (χ3n) is 6.12. The number of nitrogens with zero attached hydrogens (tertiary/aromatic N) is 2. The highest BCUT2D eigenvalue weighted by molar-refractivity contribution is 5.96. The molecule has 1 aliphatic carbocycles. The molecular formula is C22H25N3O3. The smallest absolute Gasteiger partial charge is 0.341 e. The van der Waals surface area contributed by atoms with E-state index in [0.29, 0.717) is 29.1 Å². The normalized spacial score (nSPS) is 18.6. The Kier molecular flexibility index (Phi) is 4.37. The number of carboxylic acid groups (broad SMARTS) is 1. The molecule has 1 fully saturated rings. The van der Waals surface area contributed by atoms with Gasteiger partial charge in [-0.3, -0.25) is 9.89 Å². The molecule has 6 nitrogen and oxygen atoms in total. The van der Waals surface area contributed by atoms with Crippen molar-refractivity contribution in [2.45, 2.75) is 52.4 Å². The van der Waals surface area contributed by atoms with Gasteiger partial charge in [-0.1, -0.05) is 51.5 Å². The standard InChI is InChI=1S/C22H25N3O3/c1-4-16-19(21(27)28)20-23-17(12-18(26)25(20)24-16)14-9-7-13(8-10-14)15-6-5-11-22(15,2)3/h7-10,12,15,24H,4-6,11H2,1-3H3,(H,27,28). The van der Waals surface area contributed by atoms with Gasteiger partial charge in [0.15, 0.2) is 5.65 Å². The molecule has 0 saturated heterocycles. The van der Waals surface area contributed by atoms with Crippen molar-refractivity contribution >= 4 is 11.6 Å². The summed E-state index contributed by atoms with van der Waals surface area (Å²) < 4.78 is 1.21. The van der Waals surface area contributed by atoms with Crippen LogP contribution in [0.3, 0.4) is 0 Å². The molecule has 1 atom stereocenters. The number of nitrogens with one attached hydrogen (secondary N) is 1. The van der Waals surface area contributed by atoms with Crippen LogP contribution in [0.1, 0.15) is 67.6 Å². The van der Waals surface area contributed by atoms with Crippen molar-refractivity contribution in [3.05, 3.63) is 57.5 Å². The summed E-state index contributed by atoms with van der Waals surface area (Å²) in [5, 5.41) is 12.4. The van der Waals surface area contributed by atoms with E-state index in [9.17, 15) is 14.7 Å². The second-order valence-corrected chi connectivity index (χ2v) is 8.32. The Morgan fingerprint density at radius 2 is 2.04 bits per heavy atom. The van der Waals surface area contributed by atoms with Crippen LogP contribution in [-0.2, 0) is 6.42 Å². The first-order valence-corrected chi connectivity index (χ1v) is 9.80. The molecule has 4 rings (SSSR count). The van der Waals surface area contributed by atoms with E-state index in [1.165, 1.54) is 35.4 Å². The lowest BCUT2D eigenvalue weighted by Crippen LogP contribution is -2.16. The number of aromatic amines is 1. The van der Waals surface area contributed by atoms with Crippen molar-refractivity contribution in [1.82, 2.24) is 14.6 Å². The Morgan fingerprint density at radius 3 is 2.61 bits per heavy atom. The van der Waals surface area contributed by atoms with E-state index in [-0.39, 0.29) is 16.8 Å². The number of aryl methyl sites for hydroxylation is 1. The fourth-order valence-corrected chi connectivity index (χ4v) is 4.54. The molecule has 2 aromatic heterocycles. The summed E-state index contributed by atoms with van der Waals surface area (Å²) in [6.45, 7) is 6.48. The summed E-state index contributed by atoms with van der Waals surface area (Å²) >= 11 is 0. The van der Waals surface area contributed by atoms with Crippen molar-refractivity contribution in [1.29, 1.82) is 0 Å². The maximum Gasteiger partial charge on any atom is 0.341 e. The topological polar surface area (TPSA) is 87.5 Å². The quantitative estimate of drug-likeness (QED) is 0.710. The maximum atomic E-state index is 12.5. The SMILES string of the molecule is CCc1[nH]n2c(=O)cc(-c3ccc(C4CCCC4(C)C)cc3)nc2c1C(=O)O. The first-order chi connectivity index (χ1) is 13.3. The minimum Gasteiger partial charge on any atom is -0.477 e. The number of hydrogen-bond donors (Lipinski definition) is 2. The number of fused-ring (bicyclic) bond motifs is 1. The predicted molar refractivity (Wildman–Crippen MR) is 108 cm³/mol. The minimum absolute atomic E-state index is 0.0609. The number of benzene rings is 1. The van der Waals surface area contributed by atoms with Gasteiger partial charge in [0.2, 0.25) is 0 Å². The first-order valence-electron chi connectivity index (χ1n) is 9.80. The molecular weight excluding hydrogens is 354 g/mol. The van der Waals surface area contributed by atoms with E-state index in [2.05, 4.69) is 36.1 Å². The number of rotatable bonds is 4. The Balaban J connectivity index is 1.78. The van der Waals surface area contributed by atoms with Crippen LogP contribution in [0.5, 0.6) is 0 Å². The summed E-state index contributed by atoms with van der Waals surface area (Å²) in [5.41, 5.74) is 3.32. The minimum atomic E-state index is -1.08. The highest BCUT2D eigenvalue weighted by Gasteiger charge is 2.35. The van der Waals surface area contributed by atoms with Gasteiger partial charge in [0.25, 0.3) is 5.56 Å². The molecule has 1 aromatic carbocycles. The molecule has 2 heterocycles. The monoisotopic (exact) mass is 379 g/mol. The largest absolute Gasteiger partial charge is 0.477 e. The maximum absolute atomic E-state index is 12.5. The average molecular weight is 379 g/mol. The number of carboxylic acids is 1. The summed E-state index contributed by atoms with van der Waals surface area (Å²) in [7, 11) is 0. The van der Waals surface area contributed by atoms with E-state index < -0.39 is 5.97 Å². The summed E-state index contributed by atoms with van der Waals surface area (Å²) in [4.78, 5) is 28.7.